The maximum absolute atomic E-state index is 12.8. The number of carbonyl (C=O) groups excluding carboxylic acids is 1. The van der Waals surface area contributed by atoms with Gasteiger partial charge in [-0.05, 0) is 38.1 Å². The lowest BCUT2D eigenvalue weighted by Gasteiger charge is -2.31. The Balaban J connectivity index is 1.57. The van der Waals surface area contributed by atoms with Gasteiger partial charge in [0.15, 0.2) is 0 Å². The first kappa shape index (κ1) is 18.4. The Bertz CT molecular complexity index is 875. The molecule has 0 aliphatic carbocycles. The number of fused-ring (bicyclic) bond motifs is 1. The number of nitrogens with one attached hydrogen (secondary N) is 1. The molecule has 1 fully saturated rings. The molecule has 27 heavy (non-hydrogen) atoms. The summed E-state index contributed by atoms with van der Waals surface area (Å²) in [5, 5.41) is 1.99. The number of rotatable bonds is 4. The molecule has 1 amide bonds. The minimum absolute atomic E-state index is 0.0436. The number of likely N-dealkylation sites (tertiary alicyclic amines) is 1. The standard InChI is InChI=1S/C20H26N4O2S/c1-13(2)23-9-7-16-15(12-23)20(26)22-19(21-16)17-6-3-8-24(17)18(25)11-14-5-4-10-27-14/h4-5,10,13,17H,3,6-9,11-12H2,1-2H3,(H,21,22,26)/t17-/m1/s1. The van der Waals surface area contributed by atoms with Crippen molar-refractivity contribution >= 4 is 17.2 Å². The van der Waals surface area contributed by atoms with Crippen molar-refractivity contribution in [2.24, 2.45) is 0 Å². The van der Waals surface area contributed by atoms with Crippen LogP contribution in [0.4, 0.5) is 0 Å². The molecular weight excluding hydrogens is 360 g/mol. The molecule has 0 spiro atoms. The van der Waals surface area contributed by atoms with Crippen LogP contribution < -0.4 is 5.56 Å². The number of aromatic amines is 1. The summed E-state index contributed by atoms with van der Waals surface area (Å²) >= 11 is 1.60. The summed E-state index contributed by atoms with van der Waals surface area (Å²) in [6.45, 7) is 6.61. The third kappa shape index (κ3) is 3.71. The number of carbonyl (C=O) groups is 1. The molecule has 4 rings (SSSR count). The van der Waals surface area contributed by atoms with Crippen LogP contribution in [0.15, 0.2) is 22.3 Å². The highest BCUT2D eigenvalue weighted by molar-refractivity contribution is 7.10. The number of aromatic nitrogens is 2. The molecule has 1 atom stereocenters. The topological polar surface area (TPSA) is 69.3 Å². The van der Waals surface area contributed by atoms with Crippen molar-refractivity contribution in [3.63, 3.8) is 0 Å². The Kier molecular flexibility index (Phi) is 5.14. The largest absolute Gasteiger partial charge is 0.332 e. The molecule has 6 nitrogen and oxygen atoms in total. The van der Waals surface area contributed by atoms with Gasteiger partial charge in [-0.2, -0.15) is 0 Å². The molecule has 7 heteroatoms. The second kappa shape index (κ2) is 7.56. The van der Waals surface area contributed by atoms with Gasteiger partial charge in [0, 0.05) is 37.0 Å². The lowest BCUT2D eigenvalue weighted by Crippen LogP contribution is -2.40. The zero-order chi connectivity index (χ0) is 19.0. The number of thiophene rings is 1. The first-order valence-electron chi connectivity index (χ1n) is 9.71. The highest BCUT2D eigenvalue weighted by Crippen LogP contribution is 2.31. The van der Waals surface area contributed by atoms with Crippen LogP contribution in [0.1, 0.15) is 54.7 Å². The zero-order valence-electron chi connectivity index (χ0n) is 15.9. The zero-order valence-corrected chi connectivity index (χ0v) is 16.7. The van der Waals surface area contributed by atoms with Crippen molar-refractivity contribution < 1.29 is 4.79 Å². The van der Waals surface area contributed by atoms with E-state index in [-0.39, 0.29) is 17.5 Å². The molecule has 144 valence electrons. The Labute approximate surface area is 163 Å². The second-order valence-electron chi connectivity index (χ2n) is 7.69. The second-order valence-corrected chi connectivity index (χ2v) is 8.72. The van der Waals surface area contributed by atoms with Crippen molar-refractivity contribution in [2.75, 3.05) is 13.1 Å². The van der Waals surface area contributed by atoms with Gasteiger partial charge in [0.05, 0.1) is 23.7 Å². The summed E-state index contributed by atoms with van der Waals surface area (Å²) in [4.78, 5) is 38.6. The monoisotopic (exact) mass is 386 g/mol. The van der Waals surface area contributed by atoms with E-state index in [2.05, 4.69) is 23.7 Å². The molecule has 0 aromatic carbocycles. The lowest BCUT2D eigenvalue weighted by molar-refractivity contribution is -0.131. The molecule has 2 aliphatic rings. The highest BCUT2D eigenvalue weighted by Gasteiger charge is 2.33. The summed E-state index contributed by atoms with van der Waals surface area (Å²) in [6, 6.07) is 4.27. The van der Waals surface area contributed by atoms with Crippen LogP contribution in [0, 0.1) is 0 Å². The molecule has 1 saturated heterocycles. The van der Waals surface area contributed by atoms with Gasteiger partial charge in [0.25, 0.3) is 5.56 Å². The van der Waals surface area contributed by atoms with Crippen molar-refractivity contribution in [2.45, 2.75) is 58.2 Å². The van der Waals surface area contributed by atoms with Crippen LogP contribution in [0.25, 0.3) is 0 Å². The van der Waals surface area contributed by atoms with E-state index in [1.54, 1.807) is 11.3 Å². The maximum atomic E-state index is 12.8. The van der Waals surface area contributed by atoms with Gasteiger partial charge < -0.3 is 9.88 Å². The summed E-state index contributed by atoms with van der Waals surface area (Å²) < 4.78 is 0. The molecule has 0 radical (unpaired) electrons. The van der Waals surface area contributed by atoms with Crippen LogP contribution in [0.5, 0.6) is 0 Å². The third-order valence-corrected chi connectivity index (χ3v) is 6.52. The van der Waals surface area contributed by atoms with Gasteiger partial charge in [-0.3, -0.25) is 14.5 Å². The molecule has 4 heterocycles. The highest BCUT2D eigenvalue weighted by atomic mass is 32.1. The van der Waals surface area contributed by atoms with Crippen LogP contribution in [0.3, 0.4) is 0 Å². The molecule has 2 aliphatic heterocycles. The van der Waals surface area contributed by atoms with Gasteiger partial charge in [-0.15, -0.1) is 11.3 Å². The van der Waals surface area contributed by atoms with E-state index >= 15 is 0 Å². The predicted molar refractivity (Wildman–Crippen MR) is 106 cm³/mol. The molecule has 0 saturated carbocycles. The molecular formula is C20H26N4O2S. The van der Waals surface area contributed by atoms with Gasteiger partial charge in [0.2, 0.25) is 5.91 Å². The minimum Gasteiger partial charge on any atom is -0.332 e. The summed E-state index contributed by atoms with van der Waals surface area (Å²) in [6.07, 6.45) is 3.02. The molecule has 0 unspecified atom stereocenters. The van der Waals surface area contributed by atoms with E-state index < -0.39 is 0 Å². The van der Waals surface area contributed by atoms with Crippen LogP contribution in [-0.2, 0) is 24.2 Å². The SMILES string of the molecule is CC(C)N1CCc2nc([C@H]3CCCN3C(=O)Cc3cccs3)[nH]c(=O)c2C1. The van der Waals surface area contributed by atoms with E-state index in [0.29, 0.717) is 24.8 Å². The Morgan fingerprint density at radius 1 is 1.41 bits per heavy atom. The van der Waals surface area contributed by atoms with E-state index in [0.717, 1.165) is 48.5 Å². The molecule has 0 bridgehead atoms. The summed E-state index contributed by atoms with van der Waals surface area (Å²) in [5.41, 5.74) is 1.65. The Morgan fingerprint density at radius 3 is 3.00 bits per heavy atom. The average Bonchev–Trinajstić information content (AvgIpc) is 3.32. The number of nitrogens with zero attached hydrogens (tertiary/aromatic N) is 3. The van der Waals surface area contributed by atoms with Crippen molar-refractivity contribution in [3.8, 4) is 0 Å². The van der Waals surface area contributed by atoms with Crippen LogP contribution in [0.2, 0.25) is 0 Å². The Morgan fingerprint density at radius 2 is 2.26 bits per heavy atom. The fourth-order valence-electron chi connectivity index (χ4n) is 4.08. The van der Waals surface area contributed by atoms with Gasteiger partial charge in [0.1, 0.15) is 5.82 Å². The van der Waals surface area contributed by atoms with E-state index in [4.69, 9.17) is 4.98 Å². The predicted octanol–water partition coefficient (Wildman–Crippen LogP) is 2.50. The number of H-pyrrole nitrogens is 1. The molecule has 2 aromatic rings. The third-order valence-electron chi connectivity index (χ3n) is 5.64. The number of hydrogen-bond acceptors (Lipinski definition) is 5. The lowest BCUT2D eigenvalue weighted by atomic mass is 10.0. The first-order chi connectivity index (χ1) is 13.0. The van der Waals surface area contributed by atoms with Crippen molar-refractivity contribution in [1.29, 1.82) is 0 Å². The minimum atomic E-state index is -0.112. The van der Waals surface area contributed by atoms with Crippen molar-refractivity contribution in [3.05, 3.63) is 49.8 Å². The summed E-state index contributed by atoms with van der Waals surface area (Å²) in [5.74, 6) is 0.778. The van der Waals surface area contributed by atoms with Crippen molar-refractivity contribution in [1.82, 2.24) is 19.8 Å². The molecule has 1 N–H and O–H groups in total. The van der Waals surface area contributed by atoms with E-state index in [1.807, 2.05) is 22.4 Å². The quantitative estimate of drug-likeness (QED) is 0.877. The van der Waals surface area contributed by atoms with Crippen LogP contribution in [-0.4, -0.2) is 44.8 Å². The van der Waals surface area contributed by atoms with E-state index in [9.17, 15) is 9.59 Å². The smallest absolute Gasteiger partial charge is 0.255 e. The normalized spacial score (nSPS) is 20.3. The summed E-state index contributed by atoms with van der Waals surface area (Å²) in [7, 11) is 0. The van der Waals surface area contributed by atoms with Gasteiger partial charge >= 0.3 is 0 Å². The first-order valence-corrected chi connectivity index (χ1v) is 10.6. The van der Waals surface area contributed by atoms with Gasteiger partial charge in [-0.25, -0.2) is 4.98 Å². The number of amides is 1. The van der Waals surface area contributed by atoms with Gasteiger partial charge in [-0.1, -0.05) is 6.07 Å². The number of hydrogen-bond donors (Lipinski definition) is 1. The Hall–Kier alpha value is -1.99. The molecule has 2 aromatic heterocycles. The maximum Gasteiger partial charge on any atom is 0.255 e. The van der Waals surface area contributed by atoms with E-state index in [1.165, 1.54) is 0 Å². The fraction of sp³-hybridized carbons (Fsp3) is 0.550. The fourth-order valence-corrected chi connectivity index (χ4v) is 4.77. The average molecular weight is 387 g/mol. The van der Waals surface area contributed by atoms with Crippen LogP contribution >= 0.6 is 11.3 Å².